The van der Waals surface area contributed by atoms with Crippen LogP contribution >= 0.6 is 0 Å². The molecule has 0 bridgehead atoms. The van der Waals surface area contributed by atoms with Gasteiger partial charge in [-0.05, 0) is 25.0 Å². The van der Waals surface area contributed by atoms with Crippen molar-refractivity contribution in [1.82, 2.24) is 4.98 Å². The molecule has 1 aromatic heterocycles. The van der Waals surface area contributed by atoms with E-state index in [-0.39, 0.29) is 5.88 Å². The number of benzene rings is 1. The monoisotopic (exact) mass is 313 g/mol. The molecule has 0 amide bonds. The van der Waals surface area contributed by atoms with E-state index in [1.807, 2.05) is 30.3 Å². The van der Waals surface area contributed by atoms with Crippen molar-refractivity contribution in [2.45, 2.75) is 32.2 Å². The average molecular weight is 313 g/mol. The summed E-state index contributed by atoms with van der Waals surface area (Å²) in [6.45, 7) is 3.41. The zero-order valence-corrected chi connectivity index (χ0v) is 13.0. The van der Waals surface area contributed by atoms with Gasteiger partial charge in [0.1, 0.15) is 5.75 Å². The number of aliphatic hydroxyl groups excluding tert-OH is 2. The highest BCUT2D eigenvalue weighted by Gasteiger charge is 2.37. The minimum atomic E-state index is -1.13. The summed E-state index contributed by atoms with van der Waals surface area (Å²) in [6, 6.07) is 9.53. The van der Waals surface area contributed by atoms with Crippen molar-refractivity contribution in [3.63, 3.8) is 0 Å². The van der Waals surface area contributed by atoms with E-state index >= 15 is 0 Å². The number of hydrogen-bond donors (Lipinski definition) is 3. The molecule has 1 aliphatic heterocycles. The Kier molecular flexibility index (Phi) is 4.07. The second-order valence-corrected chi connectivity index (χ2v) is 5.73. The van der Waals surface area contributed by atoms with Gasteiger partial charge in [0.05, 0.1) is 17.6 Å². The van der Waals surface area contributed by atoms with E-state index in [1.165, 1.54) is 6.20 Å². The Morgan fingerprint density at radius 3 is 2.65 bits per heavy atom. The van der Waals surface area contributed by atoms with Gasteiger partial charge in [-0.2, -0.15) is 0 Å². The molecule has 120 valence electrons. The van der Waals surface area contributed by atoms with Gasteiger partial charge < -0.3 is 20.1 Å². The summed E-state index contributed by atoms with van der Waals surface area (Å²) in [5.74, 6) is -0.317. The van der Waals surface area contributed by atoms with Gasteiger partial charge in [0, 0.05) is 11.8 Å². The van der Waals surface area contributed by atoms with Crippen molar-refractivity contribution in [3.05, 3.63) is 53.7 Å². The molecule has 0 fully saturated rings. The summed E-state index contributed by atoms with van der Waals surface area (Å²) in [4.78, 5) is 4.04. The lowest BCUT2D eigenvalue weighted by Gasteiger charge is -2.12. The first-order valence-electron chi connectivity index (χ1n) is 7.47. The van der Waals surface area contributed by atoms with Gasteiger partial charge in [0.25, 0.3) is 0 Å². The fourth-order valence-corrected chi connectivity index (χ4v) is 2.68. The SMILES string of the molecule is C/C(=C\C1c2c(O)ncc(-c3ccccc3)c2OC1O)C(C)O. The van der Waals surface area contributed by atoms with Gasteiger partial charge in [0.2, 0.25) is 12.2 Å². The van der Waals surface area contributed by atoms with Gasteiger partial charge in [0.15, 0.2) is 0 Å². The van der Waals surface area contributed by atoms with Crippen LogP contribution in [0.2, 0.25) is 0 Å². The Balaban J connectivity index is 2.13. The molecule has 0 spiro atoms. The van der Waals surface area contributed by atoms with Crippen molar-refractivity contribution in [1.29, 1.82) is 0 Å². The van der Waals surface area contributed by atoms with Crippen molar-refractivity contribution >= 4 is 0 Å². The third-order valence-electron chi connectivity index (χ3n) is 4.11. The van der Waals surface area contributed by atoms with Gasteiger partial charge in [-0.25, -0.2) is 4.98 Å². The van der Waals surface area contributed by atoms with Crippen LogP contribution in [0.3, 0.4) is 0 Å². The highest BCUT2D eigenvalue weighted by molar-refractivity contribution is 5.74. The van der Waals surface area contributed by atoms with E-state index in [0.717, 1.165) is 5.56 Å². The van der Waals surface area contributed by atoms with Gasteiger partial charge in [-0.1, -0.05) is 36.4 Å². The molecule has 5 nitrogen and oxygen atoms in total. The van der Waals surface area contributed by atoms with Crippen LogP contribution in [-0.2, 0) is 0 Å². The molecule has 0 radical (unpaired) electrons. The maximum atomic E-state index is 10.2. The Bertz CT molecular complexity index is 740. The first-order chi connectivity index (χ1) is 11.0. The first kappa shape index (κ1) is 15.5. The predicted molar refractivity (Wildman–Crippen MR) is 86.2 cm³/mol. The smallest absolute Gasteiger partial charge is 0.218 e. The summed E-state index contributed by atoms with van der Waals surface area (Å²) >= 11 is 0. The molecule has 0 saturated carbocycles. The quantitative estimate of drug-likeness (QED) is 0.759. The van der Waals surface area contributed by atoms with E-state index in [1.54, 1.807) is 19.9 Å². The summed E-state index contributed by atoms with van der Waals surface area (Å²) in [7, 11) is 0. The number of pyridine rings is 1. The molecule has 3 N–H and O–H groups in total. The number of aromatic nitrogens is 1. The first-order valence-corrected chi connectivity index (χ1v) is 7.47. The van der Waals surface area contributed by atoms with Crippen molar-refractivity contribution in [2.24, 2.45) is 0 Å². The van der Waals surface area contributed by atoms with E-state index in [9.17, 15) is 15.3 Å². The van der Waals surface area contributed by atoms with E-state index in [0.29, 0.717) is 22.4 Å². The van der Waals surface area contributed by atoms with E-state index in [4.69, 9.17) is 4.74 Å². The molecule has 3 unspecified atom stereocenters. The minimum absolute atomic E-state index is 0.170. The Morgan fingerprint density at radius 1 is 1.30 bits per heavy atom. The topological polar surface area (TPSA) is 82.8 Å². The lowest BCUT2D eigenvalue weighted by molar-refractivity contribution is -0.00830. The number of rotatable bonds is 3. The third-order valence-corrected chi connectivity index (χ3v) is 4.11. The second kappa shape index (κ2) is 6.02. The largest absolute Gasteiger partial charge is 0.493 e. The molecule has 2 heterocycles. The van der Waals surface area contributed by atoms with Crippen LogP contribution in [0.15, 0.2) is 48.2 Å². The number of fused-ring (bicyclic) bond motifs is 1. The van der Waals surface area contributed by atoms with Crippen LogP contribution in [0.5, 0.6) is 11.6 Å². The molecular weight excluding hydrogens is 294 g/mol. The summed E-state index contributed by atoms with van der Waals surface area (Å²) in [6.07, 6.45) is 1.47. The molecule has 5 heteroatoms. The molecule has 1 aliphatic rings. The van der Waals surface area contributed by atoms with Crippen LogP contribution in [0.1, 0.15) is 25.3 Å². The molecule has 2 aromatic rings. The maximum absolute atomic E-state index is 10.2. The Hall–Kier alpha value is -2.37. The number of aromatic hydroxyl groups is 1. The standard InChI is InChI=1S/C18H19NO4/c1-10(11(2)20)8-13-15-16(23-18(13)22)14(9-19-17(15)21)12-6-4-3-5-7-12/h3-9,11,13,18,20,22H,1-2H3,(H,19,21)/b10-8+. The Morgan fingerprint density at radius 2 is 2.00 bits per heavy atom. The van der Waals surface area contributed by atoms with Gasteiger partial charge in [-0.3, -0.25) is 0 Å². The Labute approximate surface area is 134 Å². The lowest BCUT2D eigenvalue weighted by atomic mass is 9.94. The zero-order chi connectivity index (χ0) is 16.6. The maximum Gasteiger partial charge on any atom is 0.218 e. The second-order valence-electron chi connectivity index (χ2n) is 5.73. The molecule has 3 rings (SSSR count). The zero-order valence-electron chi connectivity index (χ0n) is 13.0. The predicted octanol–water partition coefficient (Wildman–Crippen LogP) is 2.58. The highest BCUT2D eigenvalue weighted by atomic mass is 16.6. The fourth-order valence-electron chi connectivity index (χ4n) is 2.68. The lowest BCUT2D eigenvalue weighted by Crippen LogP contribution is -2.17. The summed E-state index contributed by atoms with van der Waals surface area (Å²) in [5.41, 5.74) is 2.73. The number of ether oxygens (including phenoxy) is 1. The normalized spacial score (nSPS) is 21.7. The van der Waals surface area contributed by atoms with Crippen molar-refractivity contribution < 1.29 is 20.1 Å². The summed E-state index contributed by atoms with van der Waals surface area (Å²) < 4.78 is 5.60. The van der Waals surface area contributed by atoms with E-state index < -0.39 is 18.3 Å². The van der Waals surface area contributed by atoms with Crippen LogP contribution < -0.4 is 4.74 Å². The van der Waals surface area contributed by atoms with Crippen LogP contribution in [0.4, 0.5) is 0 Å². The molecular formula is C18H19NO4. The van der Waals surface area contributed by atoms with Crippen molar-refractivity contribution in [3.8, 4) is 22.8 Å². The molecule has 0 aliphatic carbocycles. The van der Waals surface area contributed by atoms with E-state index in [2.05, 4.69) is 4.98 Å². The highest BCUT2D eigenvalue weighted by Crippen LogP contribution is 2.48. The average Bonchev–Trinajstić information content (AvgIpc) is 2.86. The van der Waals surface area contributed by atoms with Crippen LogP contribution in [0.25, 0.3) is 11.1 Å². The minimum Gasteiger partial charge on any atom is -0.493 e. The van der Waals surface area contributed by atoms with Crippen molar-refractivity contribution in [2.75, 3.05) is 0 Å². The summed E-state index contributed by atoms with van der Waals surface area (Å²) in [5, 5.41) is 30.0. The molecule has 0 saturated heterocycles. The molecule has 3 atom stereocenters. The van der Waals surface area contributed by atoms with Gasteiger partial charge >= 0.3 is 0 Å². The third kappa shape index (κ3) is 2.81. The fraction of sp³-hybridized carbons (Fsp3) is 0.278. The van der Waals surface area contributed by atoms with Gasteiger partial charge in [-0.15, -0.1) is 0 Å². The molecule has 23 heavy (non-hydrogen) atoms. The number of aliphatic hydroxyl groups is 2. The number of nitrogens with zero attached hydrogens (tertiary/aromatic N) is 1. The number of hydrogen-bond acceptors (Lipinski definition) is 5. The van der Waals surface area contributed by atoms with Crippen LogP contribution in [0, 0.1) is 0 Å². The molecule has 1 aromatic carbocycles. The van der Waals surface area contributed by atoms with Crippen LogP contribution in [-0.4, -0.2) is 32.7 Å².